The van der Waals surface area contributed by atoms with Crippen LogP contribution in [0.2, 0.25) is 0 Å². The van der Waals surface area contributed by atoms with Gasteiger partial charge in [-0.15, -0.1) is 16.6 Å². The summed E-state index contributed by atoms with van der Waals surface area (Å²) < 4.78 is 19.8. The number of carbonyl (C=O) groups excluding carboxylic acids is 2. The maximum atomic E-state index is 14.4. The van der Waals surface area contributed by atoms with E-state index in [4.69, 9.17) is 47.1 Å². The Balaban J connectivity index is 0.00000913. The molecule has 24 heteroatoms. The average molecular weight is 995 g/mol. The van der Waals surface area contributed by atoms with Crippen LogP contribution in [0.25, 0.3) is 0 Å². The third kappa shape index (κ3) is 14.9. The number of nitrogens with zero attached hydrogens (tertiary/aromatic N) is 13. The minimum atomic E-state index is -0.689. The summed E-state index contributed by atoms with van der Waals surface area (Å²) in [4.78, 5) is 50.9. The highest BCUT2D eigenvalue weighted by atomic mass is 35.5. The molecule has 7 N–H and O–H groups in total. The number of amides is 2. The molecular weight excluding hydrogens is 924 g/mol. The van der Waals surface area contributed by atoms with Crippen LogP contribution in [-0.2, 0) is 30.2 Å². The second-order valence-electron chi connectivity index (χ2n) is 17.5. The molecule has 2 fully saturated rings. The zero-order valence-electron chi connectivity index (χ0n) is 40.7. The fourth-order valence-electron chi connectivity index (χ4n) is 8.11. The van der Waals surface area contributed by atoms with Crippen molar-refractivity contribution in [2.75, 3.05) is 120 Å². The number of benzene rings is 1. The van der Waals surface area contributed by atoms with E-state index in [-0.39, 0.29) is 55.0 Å². The van der Waals surface area contributed by atoms with Gasteiger partial charge in [0.15, 0.2) is 0 Å². The molecular formula is C46H70ClN16O7-. The van der Waals surface area contributed by atoms with Crippen molar-refractivity contribution in [1.29, 1.82) is 0 Å². The standard InChI is InChI=1S/C46H70N16O7.ClH/c1-6-22-67-24-26-69-27-25-68-23-13-49-44-50-45(52-46(51-44)60-20-16-58(17-21-60)43(66)41(33(5)8-3)62-30-39(54-56-62)37(48)31-63)59-18-14-57(15-19-59)42(65)40(32(4)7-2)61-29-38(53-55-61)36(47)28-34-9-11-35(64)12-10-34;/h1,9-12,29-30,32-33,36-37,40-41,63-64H,7-8,13-28,31,47-48H2,2-5H3,(H,49,50,51,52);1H/p-1/t32-,33-,36-,37-,40-,41-;/m0./s1. The van der Waals surface area contributed by atoms with Crippen LogP contribution >= 0.6 is 0 Å². The molecule has 0 unspecified atom stereocenters. The summed E-state index contributed by atoms with van der Waals surface area (Å²) in [6, 6.07) is 4.60. The Kier molecular flexibility index (Phi) is 21.8. The van der Waals surface area contributed by atoms with Crippen molar-refractivity contribution in [3.8, 4) is 18.1 Å². The van der Waals surface area contributed by atoms with E-state index in [0.717, 1.165) is 18.4 Å². The first kappa shape index (κ1) is 55.2. The van der Waals surface area contributed by atoms with Gasteiger partial charge < -0.3 is 73.2 Å². The number of aliphatic hydroxyl groups excluding tert-OH is 1. The third-order valence-electron chi connectivity index (χ3n) is 12.7. The van der Waals surface area contributed by atoms with Crippen molar-refractivity contribution >= 4 is 29.7 Å². The van der Waals surface area contributed by atoms with E-state index in [1.165, 1.54) is 0 Å². The number of hydrogen-bond donors (Lipinski definition) is 5. The Morgan fingerprint density at radius 1 is 0.729 bits per heavy atom. The Labute approximate surface area is 416 Å². The molecule has 6 rings (SSSR count). The first-order valence-corrected chi connectivity index (χ1v) is 23.9. The van der Waals surface area contributed by atoms with E-state index in [0.29, 0.717) is 128 Å². The first-order chi connectivity index (χ1) is 33.4. The lowest BCUT2D eigenvalue weighted by Crippen LogP contribution is -3.00. The number of aliphatic hydroxyl groups is 1. The Morgan fingerprint density at radius 3 is 1.67 bits per heavy atom. The van der Waals surface area contributed by atoms with E-state index in [9.17, 15) is 19.8 Å². The molecule has 70 heavy (non-hydrogen) atoms. The first-order valence-electron chi connectivity index (χ1n) is 23.9. The van der Waals surface area contributed by atoms with Gasteiger partial charge >= 0.3 is 0 Å². The summed E-state index contributed by atoms with van der Waals surface area (Å²) in [6.07, 6.45) is 10.6. The molecule has 0 saturated carbocycles. The predicted molar refractivity (Wildman–Crippen MR) is 257 cm³/mol. The van der Waals surface area contributed by atoms with Gasteiger partial charge in [-0.1, -0.05) is 69.0 Å². The van der Waals surface area contributed by atoms with Gasteiger partial charge in [0.05, 0.1) is 69.8 Å². The van der Waals surface area contributed by atoms with Gasteiger partial charge in [-0.25, -0.2) is 9.36 Å². The number of anilines is 3. The molecule has 3 aromatic heterocycles. The second-order valence-corrected chi connectivity index (χ2v) is 17.5. The number of aromatic nitrogens is 9. The van der Waals surface area contributed by atoms with Gasteiger partial charge in [0, 0.05) is 58.9 Å². The van der Waals surface area contributed by atoms with Crippen LogP contribution in [0.5, 0.6) is 5.75 Å². The number of hydrogen-bond acceptors (Lipinski definition) is 19. The minimum Gasteiger partial charge on any atom is -1.00 e. The molecule has 6 atom stereocenters. The summed E-state index contributed by atoms with van der Waals surface area (Å²) in [5.74, 6) is 3.73. The summed E-state index contributed by atoms with van der Waals surface area (Å²) in [5, 5.41) is 39.7. The van der Waals surface area contributed by atoms with Crippen molar-refractivity contribution in [2.24, 2.45) is 23.3 Å². The average Bonchev–Trinajstić information content (AvgIpc) is 4.07. The van der Waals surface area contributed by atoms with Gasteiger partial charge in [-0.3, -0.25) is 9.59 Å². The molecule has 0 bridgehead atoms. The number of aromatic hydroxyl groups is 1. The van der Waals surface area contributed by atoms with E-state index in [1.54, 1.807) is 33.9 Å². The summed E-state index contributed by atoms with van der Waals surface area (Å²) >= 11 is 0. The van der Waals surface area contributed by atoms with E-state index in [1.807, 2.05) is 47.6 Å². The maximum absolute atomic E-state index is 14.4. The number of terminal acetylenes is 1. The highest BCUT2D eigenvalue weighted by Gasteiger charge is 2.36. The van der Waals surface area contributed by atoms with Gasteiger partial charge in [-0.05, 0) is 36.0 Å². The molecule has 2 saturated heterocycles. The number of nitrogens with two attached hydrogens (primary N) is 2. The van der Waals surface area contributed by atoms with Crippen LogP contribution < -0.4 is 39.0 Å². The van der Waals surface area contributed by atoms with Gasteiger partial charge in [0.2, 0.25) is 29.7 Å². The van der Waals surface area contributed by atoms with Crippen LogP contribution in [0.3, 0.4) is 0 Å². The highest BCUT2D eigenvalue weighted by Crippen LogP contribution is 2.28. The van der Waals surface area contributed by atoms with E-state index < -0.39 is 24.2 Å². The molecule has 5 heterocycles. The van der Waals surface area contributed by atoms with Gasteiger partial charge in [0.25, 0.3) is 0 Å². The number of piperazine rings is 2. The third-order valence-corrected chi connectivity index (χ3v) is 12.7. The predicted octanol–water partition coefficient (Wildman–Crippen LogP) is -2.03. The molecule has 4 aromatic rings. The second kappa shape index (κ2) is 27.6. The number of rotatable bonds is 26. The molecule has 23 nitrogen and oxygen atoms in total. The lowest BCUT2D eigenvalue weighted by Gasteiger charge is -2.38. The van der Waals surface area contributed by atoms with Crippen LogP contribution in [0.1, 0.15) is 81.7 Å². The fraction of sp³-hybridized carbons (Fsp3) is 0.630. The molecule has 2 aliphatic heterocycles. The van der Waals surface area contributed by atoms with Crippen LogP contribution in [0.4, 0.5) is 17.8 Å². The van der Waals surface area contributed by atoms with Crippen LogP contribution in [0, 0.1) is 24.2 Å². The molecule has 2 amide bonds. The monoisotopic (exact) mass is 994 g/mol. The van der Waals surface area contributed by atoms with Crippen LogP contribution in [-0.4, -0.2) is 182 Å². The summed E-state index contributed by atoms with van der Waals surface area (Å²) in [5.41, 5.74) is 14.5. The quantitative estimate of drug-likeness (QED) is 0.0335. The van der Waals surface area contributed by atoms with Crippen molar-refractivity contribution in [3.63, 3.8) is 0 Å². The number of carbonyl (C=O) groups is 2. The summed E-state index contributed by atoms with van der Waals surface area (Å²) in [7, 11) is 0. The Bertz CT molecular complexity index is 2250. The molecule has 384 valence electrons. The zero-order valence-corrected chi connectivity index (χ0v) is 41.5. The number of phenolic OH excluding ortho intramolecular Hbond substituents is 1. The van der Waals surface area contributed by atoms with Crippen molar-refractivity contribution in [1.82, 2.24) is 54.7 Å². The Morgan fingerprint density at radius 2 is 1.20 bits per heavy atom. The normalized spacial score (nSPS) is 16.7. The van der Waals surface area contributed by atoms with Gasteiger partial charge in [-0.2, -0.15) is 15.0 Å². The number of phenols is 1. The van der Waals surface area contributed by atoms with E-state index in [2.05, 4.69) is 43.7 Å². The fourth-order valence-corrected chi connectivity index (χ4v) is 8.11. The Hall–Kier alpha value is -5.74. The van der Waals surface area contributed by atoms with Crippen molar-refractivity contribution in [3.05, 3.63) is 53.6 Å². The number of nitrogens with one attached hydrogen (secondary N) is 1. The molecule has 1 aromatic carbocycles. The van der Waals surface area contributed by atoms with Gasteiger partial charge in [0.1, 0.15) is 30.1 Å². The molecule has 2 aliphatic rings. The summed E-state index contributed by atoms with van der Waals surface area (Å²) in [6.45, 7) is 14.2. The van der Waals surface area contributed by atoms with Crippen molar-refractivity contribution < 1.29 is 46.4 Å². The van der Waals surface area contributed by atoms with Crippen molar-refractivity contribution in [2.45, 2.75) is 71.1 Å². The molecule has 0 radical (unpaired) electrons. The topological polar surface area (TPSA) is 279 Å². The molecule has 0 spiro atoms. The minimum absolute atomic E-state index is 0. The maximum Gasteiger partial charge on any atom is 0.247 e. The zero-order chi connectivity index (χ0) is 49.3. The number of ether oxygens (including phenoxy) is 3. The smallest absolute Gasteiger partial charge is 0.247 e. The lowest BCUT2D eigenvalue weighted by atomic mass is 9.97. The lowest BCUT2D eigenvalue weighted by molar-refractivity contribution is -0.137. The molecule has 0 aliphatic carbocycles. The van der Waals surface area contributed by atoms with E-state index >= 15 is 0 Å². The van der Waals surface area contributed by atoms with Crippen LogP contribution in [0.15, 0.2) is 36.7 Å². The number of halogens is 1. The SMILES string of the molecule is C#CCOCCOCCOCCNc1nc(N2CCN(C(=O)[C@H]([C@@H](C)CC)n3cc([C@@H](N)CO)nn3)CC2)nc(N2CCN(C(=O)[C@H]([C@@H](C)CC)n3cc([C@@H](N)Cc4ccc(O)cc4)nn3)CC2)n1.[Cl-]. The largest absolute Gasteiger partial charge is 1.00 e. The highest BCUT2D eigenvalue weighted by molar-refractivity contribution is 5.81.